The van der Waals surface area contributed by atoms with E-state index < -0.39 is 15.9 Å². The Kier molecular flexibility index (Phi) is 5.56. The van der Waals surface area contributed by atoms with Crippen LogP contribution >= 0.6 is 0 Å². The van der Waals surface area contributed by atoms with Gasteiger partial charge in [0.1, 0.15) is 0 Å². The number of hydrogen-bond acceptors (Lipinski definition) is 4. The van der Waals surface area contributed by atoms with Crippen molar-refractivity contribution in [3.05, 3.63) is 66.2 Å². The Labute approximate surface area is 169 Å². The third-order valence-electron chi connectivity index (χ3n) is 4.29. The van der Waals surface area contributed by atoms with Crippen molar-refractivity contribution >= 4 is 49.7 Å². The predicted molar refractivity (Wildman–Crippen MR) is 116 cm³/mol. The summed E-state index contributed by atoms with van der Waals surface area (Å²) in [5, 5.41) is 4.63. The van der Waals surface area contributed by atoms with Crippen LogP contribution < -0.4 is 14.9 Å². The minimum atomic E-state index is -3.60. The Balaban J connectivity index is 2.02. The van der Waals surface area contributed by atoms with Gasteiger partial charge in [-0.1, -0.05) is 30.3 Å². The summed E-state index contributed by atoms with van der Waals surface area (Å²) in [7, 11) is -1.98. The smallest absolute Gasteiger partial charge is 0.260 e. The van der Waals surface area contributed by atoms with E-state index in [-0.39, 0.29) is 17.2 Å². The zero-order chi connectivity index (χ0) is 21.2. The van der Waals surface area contributed by atoms with Crippen LogP contribution in [-0.2, 0) is 14.8 Å². The summed E-state index contributed by atoms with van der Waals surface area (Å²) in [4.78, 5) is 26.0. The number of sulfonamides is 1. The van der Waals surface area contributed by atoms with Crippen molar-refractivity contribution in [1.82, 2.24) is 0 Å². The molecular formula is C21H21N3O4S. The zero-order valence-corrected chi connectivity index (χ0v) is 17.1. The molecule has 0 saturated heterocycles. The lowest BCUT2D eigenvalue weighted by Crippen LogP contribution is -2.28. The molecule has 29 heavy (non-hydrogen) atoms. The molecule has 0 aliphatic rings. The summed E-state index contributed by atoms with van der Waals surface area (Å²) >= 11 is 0. The van der Waals surface area contributed by atoms with Gasteiger partial charge in [-0.05, 0) is 41.1 Å². The van der Waals surface area contributed by atoms with Gasteiger partial charge in [-0.3, -0.25) is 14.3 Å². The highest BCUT2D eigenvalue weighted by Crippen LogP contribution is 2.27. The lowest BCUT2D eigenvalue weighted by Gasteiger charge is -2.20. The van der Waals surface area contributed by atoms with Crippen LogP contribution in [0.3, 0.4) is 0 Å². The Morgan fingerprint density at radius 2 is 1.62 bits per heavy atom. The number of nitrogens with one attached hydrogen (secondary N) is 2. The number of fused-ring (bicyclic) bond motifs is 1. The van der Waals surface area contributed by atoms with Crippen molar-refractivity contribution < 1.29 is 18.0 Å². The van der Waals surface area contributed by atoms with E-state index in [9.17, 15) is 18.0 Å². The van der Waals surface area contributed by atoms with Crippen LogP contribution in [0.2, 0.25) is 0 Å². The molecule has 0 bridgehead atoms. The maximum Gasteiger partial charge on any atom is 0.260 e. The van der Waals surface area contributed by atoms with Gasteiger partial charge in [0.05, 0.1) is 17.5 Å². The molecule has 0 heterocycles. The molecule has 3 aromatic rings. The van der Waals surface area contributed by atoms with E-state index in [1.165, 1.54) is 30.0 Å². The molecule has 150 valence electrons. The monoisotopic (exact) mass is 411 g/mol. The van der Waals surface area contributed by atoms with Crippen LogP contribution in [0, 0.1) is 0 Å². The molecular weight excluding hydrogens is 390 g/mol. The molecule has 3 rings (SSSR count). The fraction of sp³-hybridized carbons (Fsp3) is 0.143. The molecule has 0 saturated carbocycles. The van der Waals surface area contributed by atoms with Crippen LogP contribution in [0.5, 0.6) is 0 Å². The third kappa shape index (κ3) is 4.91. The lowest BCUT2D eigenvalue weighted by molar-refractivity contribution is -0.114. The standard InChI is InChI=1S/C21H21N3O4S/c1-14(25)22-17-9-11-20(23-29(3,27)28)19(13-17)21(26)24(2)18-10-8-15-6-4-5-7-16(15)12-18/h4-13,23H,1-3H3,(H,22,25). The van der Waals surface area contributed by atoms with Crippen molar-refractivity contribution in [2.45, 2.75) is 6.92 Å². The zero-order valence-electron chi connectivity index (χ0n) is 16.3. The van der Waals surface area contributed by atoms with Crippen LogP contribution in [0.25, 0.3) is 10.8 Å². The van der Waals surface area contributed by atoms with E-state index >= 15 is 0 Å². The number of hydrogen-bond donors (Lipinski definition) is 2. The molecule has 0 spiro atoms. The van der Waals surface area contributed by atoms with Crippen LogP contribution in [0.1, 0.15) is 17.3 Å². The predicted octanol–water partition coefficient (Wildman–Crippen LogP) is 3.45. The molecule has 0 fully saturated rings. The minimum Gasteiger partial charge on any atom is -0.326 e. The quantitative estimate of drug-likeness (QED) is 0.672. The molecule has 0 atom stereocenters. The van der Waals surface area contributed by atoms with E-state index in [0.717, 1.165) is 17.0 Å². The van der Waals surface area contributed by atoms with E-state index in [1.54, 1.807) is 7.05 Å². The van der Waals surface area contributed by atoms with Crippen LogP contribution in [-0.4, -0.2) is 33.5 Å². The fourth-order valence-electron chi connectivity index (χ4n) is 2.97. The second-order valence-electron chi connectivity index (χ2n) is 6.71. The second-order valence-corrected chi connectivity index (χ2v) is 8.46. The Bertz CT molecular complexity index is 1210. The molecule has 0 radical (unpaired) electrons. The maximum atomic E-state index is 13.2. The average Bonchev–Trinajstić information content (AvgIpc) is 2.66. The number of carbonyl (C=O) groups excluding carboxylic acids is 2. The first-order valence-electron chi connectivity index (χ1n) is 8.80. The molecule has 0 aromatic heterocycles. The SMILES string of the molecule is CC(=O)Nc1ccc(NS(C)(=O)=O)c(C(=O)N(C)c2ccc3ccccc3c2)c1. The molecule has 7 nitrogen and oxygen atoms in total. The first-order chi connectivity index (χ1) is 13.6. The molecule has 0 aliphatic heterocycles. The molecule has 3 aromatic carbocycles. The van der Waals surface area contributed by atoms with Gasteiger partial charge in [-0.25, -0.2) is 8.42 Å². The Morgan fingerprint density at radius 1 is 0.931 bits per heavy atom. The highest BCUT2D eigenvalue weighted by Gasteiger charge is 2.20. The van der Waals surface area contributed by atoms with Crippen molar-refractivity contribution in [2.75, 3.05) is 28.2 Å². The van der Waals surface area contributed by atoms with Crippen LogP contribution in [0.15, 0.2) is 60.7 Å². The van der Waals surface area contributed by atoms with Gasteiger partial charge >= 0.3 is 0 Å². The number of amides is 2. The first kappa shape index (κ1) is 20.3. The molecule has 2 amide bonds. The highest BCUT2D eigenvalue weighted by molar-refractivity contribution is 7.92. The molecule has 8 heteroatoms. The second kappa shape index (κ2) is 7.92. The van der Waals surface area contributed by atoms with Gasteiger partial charge in [-0.15, -0.1) is 0 Å². The van der Waals surface area contributed by atoms with E-state index in [1.807, 2.05) is 42.5 Å². The number of nitrogens with zero attached hydrogens (tertiary/aromatic N) is 1. The fourth-order valence-corrected chi connectivity index (χ4v) is 3.55. The van der Waals surface area contributed by atoms with E-state index in [0.29, 0.717) is 11.4 Å². The summed E-state index contributed by atoms with van der Waals surface area (Å²) in [6.45, 7) is 1.35. The summed E-state index contributed by atoms with van der Waals surface area (Å²) in [5.74, 6) is -0.714. The van der Waals surface area contributed by atoms with Gasteiger partial charge in [0.25, 0.3) is 5.91 Å². The van der Waals surface area contributed by atoms with Gasteiger partial charge < -0.3 is 10.2 Å². The maximum absolute atomic E-state index is 13.2. The summed E-state index contributed by atoms with van der Waals surface area (Å²) < 4.78 is 25.8. The topological polar surface area (TPSA) is 95.6 Å². The van der Waals surface area contributed by atoms with Crippen molar-refractivity contribution in [1.29, 1.82) is 0 Å². The molecule has 0 aliphatic carbocycles. The van der Waals surface area contributed by atoms with Gasteiger partial charge in [0.2, 0.25) is 15.9 Å². The number of rotatable bonds is 5. The number of anilines is 3. The number of carbonyl (C=O) groups is 2. The molecule has 2 N–H and O–H groups in total. The van der Waals surface area contributed by atoms with Crippen molar-refractivity contribution in [3.63, 3.8) is 0 Å². The van der Waals surface area contributed by atoms with Gasteiger partial charge in [-0.2, -0.15) is 0 Å². The summed E-state index contributed by atoms with van der Waals surface area (Å²) in [6.07, 6.45) is 1.01. The summed E-state index contributed by atoms with van der Waals surface area (Å²) in [6, 6.07) is 17.8. The average molecular weight is 411 g/mol. The lowest BCUT2D eigenvalue weighted by atomic mass is 10.1. The summed E-state index contributed by atoms with van der Waals surface area (Å²) in [5.41, 5.74) is 1.31. The normalized spacial score (nSPS) is 11.1. The van der Waals surface area contributed by atoms with Crippen molar-refractivity contribution in [2.24, 2.45) is 0 Å². The first-order valence-corrected chi connectivity index (χ1v) is 10.7. The Morgan fingerprint density at radius 3 is 2.28 bits per heavy atom. The van der Waals surface area contributed by atoms with E-state index in [4.69, 9.17) is 0 Å². The third-order valence-corrected chi connectivity index (χ3v) is 4.88. The van der Waals surface area contributed by atoms with Gasteiger partial charge in [0.15, 0.2) is 0 Å². The van der Waals surface area contributed by atoms with Crippen LogP contribution in [0.4, 0.5) is 17.1 Å². The Hall–Kier alpha value is -3.39. The largest absolute Gasteiger partial charge is 0.326 e. The molecule has 0 unspecified atom stereocenters. The minimum absolute atomic E-state index is 0.123. The van der Waals surface area contributed by atoms with Crippen molar-refractivity contribution in [3.8, 4) is 0 Å². The highest BCUT2D eigenvalue weighted by atomic mass is 32.2. The van der Waals surface area contributed by atoms with Gasteiger partial charge in [0, 0.05) is 25.3 Å². The van der Waals surface area contributed by atoms with E-state index in [2.05, 4.69) is 10.0 Å². The number of benzene rings is 3.